The monoisotopic (exact) mass is 362 g/mol. The summed E-state index contributed by atoms with van der Waals surface area (Å²) >= 11 is 1.39. The molecule has 0 fully saturated rings. The van der Waals surface area contributed by atoms with Crippen molar-refractivity contribution in [3.63, 3.8) is 0 Å². The first kappa shape index (κ1) is 17.6. The van der Waals surface area contributed by atoms with Crippen LogP contribution in [-0.2, 0) is 0 Å². The highest BCUT2D eigenvalue weighted by Gasteiger charge is 2.11. The molecule has 0 radical (unpaired) electrons. The van der Waals surface area contributed by atoms with Crippen molar-refractivity contribution in [3.05, 3.63) is 64.0 Å². The maximum atomic E-state index is 9.43. The van der Waals surface area contributed by atoms with Gasteiger partial charge in [-0.15, -0.1) is 11.3 Å². The Labute approximate surface area is 156 Å². The van der Waals surface area contributed by atoms with Gasteiger partial charge in [0.05, 0.1) is 18.5 Å². The molecule has 0 atom stereocenters. The zero-order valence-corrected chi connectivity index (χ0v) is 15.6. The molecule has 6 heteroatoms. The molecule has 5 nitrogen and oxygen atoms in total. The Morgan fingerprint density at radius 3 is 2.58 bits per heavy atom. The first-order valence-corrected chi connectivity index (χ1v) is 8.90. The quantitative estimate of drug-likeness (QED) is 0.524. The van der Waals surface area contributed by atoms with Gasteiger partial charge in [0.25, 0.3) is 0 Å². The third-order valence-electron chi connectivity index (χ3n) is 4.00. The minimum Gasteiger partial charge on any atom is -0.497 e. The SMILES string of the molecule is COc1ccc(-c2csc(/C(C#N)=N\Nc3ccc(C)c(C)c3)n2)cc1. The maximum absolute atomic E-state index is 9.43. The van der Waals surface area contributed by atoms with Crippen molar-refractivity contribution in [2.45, 2.75) is 13.8 Å². The Hall–Kier alpha value is -3.17. The number of nitrogens with one attached hydrogen (secondary N) is 1. The molecule has 130 valence electrons. The Morgan fingerprint density at radius 1 is 1.15 bits per heavy atom. The standard InChI is InChI=1S/C20H18N4OS/c1-13-4-7-16(10-14(13)2)23-24-18(11-21)20-22-19(12-26-20)15-5-8-17(25-3)9-6-15/h4-10,12,23H,1-3H3/b24-18-. The average Bonchev–Trinajstić information content (AvgIpc) is 3.15. The third kappa shape index (κ3) is 3.90. The highest BCUT2D eigenvalue weighted by molar-refractivity contribution is 7.12. The first-order valence-electron chi connectivity index (χ1n) is 8.02. The van der Waals surface area contributed by atoms with E-state index in [1.807, 2.05) is 54.8 Å². The summed E-state index contributed by atoms with van der Waals surface area (Å²) in [7, 11) is 1.63. The number of nitrogens with zero attached hydrogens (tertiary/aromatic N) is 3. The zero-order valence-electron chi connectivity index (χ0n) is 14.8. The lowest BCUT2D eigenvalue weighted by Crippen LogP contribution is -2.01. The highest BCUT2D eigenvalue weighted by atomic mass is 32.1. The van der Waals surface area contributed by atoms with E-state index in [0.717, 1.165) is 22.7 Å². The van der Waals surface area contributed by atoms with Gasteiger partial charge in [-0.3, -0.25) is 5.43 Å². The van der Waals surface area contributed by atoms with Crippen LogP contribution in [0, 0.1) is 25.2 Å². The van der Waals surface area contributed by atoms with Crippen LogP contribution in [0.25, 0.3) is 11.3 Å². The molecular formula is C20H18N4OS. The minimum absolute atomic E-state index is 0.257. The summed E-state index contributed by atoms with van der Waals surface area (Å²) in [5, 5.41) is 16.2. The number of anilines is 1. The second kappa shape index (κ2) is 7.81. The van der Waals surface area contributed by atoms with Gasteiger partial charge in [-0.05, 0) is 61.4 Å². The van der Waals surface area contributed by atoms with E-state index in [2.05, 4.69) is 28.5 Å². The molecule has 0 amide bonds. The number of benzene rings is 2. The summed E-state index contributed by atoms with van der Waals surface area (Å²) in [4.78, 5) is 4.54. The second-order valence-electron chi connectivity index (χ2n) is 5.75. The van der Waals surface area contributed by atoms with Crippen LogP contribution in [0.5, 0.6) is 5.75 Å². The predicted molar refractivity (Wildman–Crippen MR) is 106 cm³/mol. The maximum Gasteiger partial charge on any atom is 0.196 e. The number of nitriles is 1. The molecule has 0 aliphatic heterocycles. The van der Waals surface area contributed by atoms with Crippen molar-refractivity contribution >= 4 is 22.7 Å². The first-order chi connectivity index (χ1) is 12.6. The van der Waals surface area contributed by atoms with E-state index < -0.39 is 0 Å². The molecule has 1 aromatic heterocycles. The normalized spacial score (nSPS) is 11.1. The molecule has 1 N–H and O–H groups in total. The van der Waals surface area contributed by atoms with E-state index in [1.165, 1.54) is 22.5 Å². The Kier molecular flexibility index (Phi) is 5.30. The van der Waals surface area contributed by atoms with Gasteiger partial charge in [0, 0.05) is 10.9 Å². The van der Waals surface area contributed by atoms with Gasteiger partial charge in [0.2, 0.25) is 0 Å². The largest absolute Gasteiger partial charge is 0.497 e. The van der Waals surface area contributed by atoms with Crippen LogP contribution in [0.2, 0.25) is 0 Å². The van der Waals surface area contributed by atoms with Gasteiger partial charge < -0.3 is 4.74 Å². The number of hydrazone groups is 1. The van der Waals surface area contributed by atoms with Gasteiger partial charge in [0.15, 0.2) is 10.7 Å². The van der Waals surface area contributed by atoms with Crippen molar-refractivity contribution in [2.24, 2.45) is 5.10 Å². The molecule has 0 unspecified atom stereocenters. The van der Waals surface area contributed by atoms with Crippen LogP contribution >= 0.6 is 11.3 Å². The smallest absolute Gasteiger partial charge is 0.196 e. The van der Waals surface area contributed by atoms with Crippen molar-refractivity contribution in [3.8, 4) is 23.1 Å². The molecule has 0 aliphatic carbocycles. The molecular weight excluding hydrogens is 344 g/mol. The number of ether oxygens (including phenoxy) is 1. The average molecular weight is 362 g/mol. The lowest BCUT2D eigenvalue weighted by Gasteiger charge is -2.04. The Balaban J connectivity index is 1.81. The van der Waals surface area contributed by atoms with Crippen molar-refractivity contribution in [1.82, 2.24) is 4.98 Å². The molecule has 0 bridgehead atoms. The second-order valence-corrected chi connectivity index (χ2v) is 6.61. The summed E-state index contributed by atoms with van der Waals surface area (Å²) in [6.45, 7) is 4.09. The molecule has 2 aromatic carbocycles. The van der Waals surface area contributed by atoms with E-state index in [1.54, 1.807) is 7.11 Å². The fourth-order valence-electron chi connectivity index (χ4n) is 2.33. The summed E-state index contributed by atoms with van der Waals surface area (Å²) < 4.78 is 5.17. The van der Waals surface area contributed by atoms with Gasteiger partial charge in [-0.1, -0.05) is 6.07 Å². The lowest BCUT2D eigenvalue weighted by atomic mass is 10.1. The van der Waals surface area contributed by atoms with Crippen LogP contribution in [0.3, 0.4) is 0 Å². The number of aromatic nitrogens is 1. The van der Waals surface area contributed by atoms with Crippen molar-refractivity contribution in [1.29, 1.82) is 5.26 Å². The van der Waals surface area contributed by atoms with Crippen LogP contribution in [0.15, 0.2) is 52.9 Å². The van der Waals surface area contributed by atoms with E-state index in [9.17, 15) is 5.26 Å². The number of hydrogen-bond acceptors (Lipinski definition) is 6. The highest BCUT2D eigenvalue weighted by Crippen LogP contribution is 2.24. The number of thiazole rings is 1. The third-order valence-corrected chi connectivity index (χ3v) is 4.85. The summed E-state index contributed by atoms with van der Waals surface area (Å²) in [5.41, 5.74) is 8.19. The lowest BCUT2D eigenvalue weighted by molar-refractivity contribution is 0.415. The van der Waals surface area contributed by atoms with Crippen LogP contribution in [-0.4, -0.2) is 17.8 Å². The zero-order chi connectivity index (χ0) is 18.5. The van der Waals surface area contributed by atoms with E-state index in [4.69, 9.17) is 4.74 Å². The molecule has 0 spiro atoms. The Bertz CT molecular complexity index is 984. The van der Waals surface area contributed by atoms with Gasteiger partial charge >= 0.3 is 0 Å². The van der Waals surface area contributed by atoms with Gasteiger partial charge in [-0.2, -0.15) is 10.4 Å². The number of rotatable bonds is 5. The van der Waals surface area contributed by atoms with Crippen LogP contribution < -0.4 is 10.2 Å². The predicted octanol–water partition coefficient (Wildman–Crippen LogP) is 4.78. The minimum atomic E-state index is 0.257. The number of methoxy groups -OCH3 is 1. The summed E-state index contributed by atoms with van der Waals surface area (Å²) in [5.74, 6) is 0.793. The molecule has 26 heavy (non-hydrogen) atoms. The van der Waals surface area contributed by atoms with E-state index >= 15 is 0 Å². The number of aryl methyl sites for hydroxylation is 2. The topological polar surface area (TPSA) is 70.3 Å². The summed E-state index contributed by atoms with van der Waals surface area (Å²) in [6, 6.07) is 15.7. The van der Waals surface area contributed by atoms with E-state index in [0.29, 0.717) is 5.01 Å². The Morgan fingerprint density at radius 2 is 1.92 bits per heavy atom. The van der Waals surface area contributed by atoms with Gasteiger partial charge in [0.1, 0.15) is 11.8 Å². The molecule has 0 aliphatic rings. The van der Waals surface area contributed by atoms with Crippen LogP contribution in [0.1, 0.15) is 16.1 Å². The fraction of sp³-hybridized carbons (Fsp3) is 0.150. The molecule has 0 saturated heterocycles. The molecule has 1 heterocycles. The fourth-order valence-corrected chi connectivity index (χ4v) is 3.09. The molecule has 3 aromatic rings. The van der Waals surface area contributed by atoms with Crippen molar-refractivity contribution < 1.29 is 4.74 Å². The van der Waals surface area contributed by atoms with Crippen molar-refractivity contribution in [2.75, 3.05) is 12.5 Å². The number of hydrogen-bond donors (Lipinski definition) is 1. The summed E-state index contributed by atoms with van der Waals surface area (Å²) in [6.07, 6.45) is 0. The van der Waals surface area contributed by atoms with E-state index in [-0.39, 0.29) is 5.71 Å². The van der Waals surface area contributed by atoms with Crippen LogP contribution in [0.4, 0.5) is 5.69 Å². The molecule has 3 rings (SSSR count). The molecule has 0 saturated carbocycles. The van der Waals surface area contributed by atoms with Gasteiger partial charge in [-0.25, -0.2) is 4.98 Å².